The Kier molecular flexibility index (Phi) is 8.24. The van der Waals surface area contributed by atoms with Crippen LogP contribution in [-0.4, -0.2) is 45.7 Å². The minimum Gasteiger partial charge on any atom is -0.478 e. The van der Waals surface area contributed by atoms with Crippen LogP contribution < -0.4 is 0 Å². The highest BCUT2D eigenvalue weighted by atomic mass is 35.5. The van der Waals surface area contributed by atoms with Gasteiger partial charge in [-0.1, -0.05) is 72.9 Å². The minimum absolute atomic E-state index is 0.197. The van der Waals surface area contributed by atoms with Crippen molar-refractivity contribution < 1.29 is 19.2 Å². The van der Waals surface area contributed by atoms with Crippen LogP contribution in [0.4, 0.5) is 0 Å². The first-order chi connectivity index (χ1) is 19.0. The van der Waals surface area contributed by atoms with Gasteiger partial charge in [-0.25, -0.2) is 4.79 Å². The topological polar surface area (TPSA) is 88.6 Å². The van der Waals surface area contributed by atoms with E-state index < -0.39 is 22.8 Å². The lowest BCUT2D eigenvalue weighted by Gasteiger charge is -2.30. The number of carboxylic acids is 1. The zero-order valence-electron chi connectivity index (χ0n) is 24.2. The molecule has 2 aromatic carbocycles. The highest BCUT2D eigenvalue weighted by Gasteiger charge is 2.38. The number of fused-ring (bicyclic) bond motifs is 1. The van der Waals surface area contributed by atoms with Gasteiger partial charge in [0.25, 0.3) is 5.91 Å². The molecule has 0 radical (unpaired) electrons. The summed E-state index contributed by atoms with van der Waals surface area (Å²) in [4.78, 5) is 28.5. The van der Waals surface area contributed by atoms with Gasteiger partial charge in [-0.2, -0.15) is 0 Å². The largest absolute Gasteiger partial charge is 0.478 e. The summed E-state index contributed by atoms with van der Waals surface area (Å²) < 4.78 is 7.40. The summed E-state index contributed by atoms with van der Waals surface area (Å²) >= 11 is 19.3. The molecule has 2 heterocycles. The van der Waals surface area contributed by atoms with Crippen LogP contribution in [0.25, 0.3) is 28.2 Å². The Labute approximate surface area is 254 Å². The number of carbonyl (C=O) groups excluding carboxylic acids is 1. The predicted octanol–water partition coefficient (Wildman–Crippen LogP) is 8.56. The van der Waals surface area contributed by atoms with Crippen molar-refractivity contribution in [2.24, 2.45) is 5.41 Å². The minimum atomic E-state index is -0.996. The van der Waals surface area contributed by atoms with E-state index in [1.807, 2.05) is 72.7 Å². The van der Waals surface area contributed by atoms with E-state index in [0.29, 0.717) is 27.4 Å². The second-order valence-electron chi connectivity index (χ2n) is 11.8. The molecule has 7 nitrogen and oxygen atoms in total. The molecular formula is C31H32Cl3N3O4. The van der Waals surface area contributed by atoms with Gasteiger partial charge in [0.15, 0.2) is 5.76 Å². The number of benzene rings is 2. The smallest absolute Gasteiger partial charge is 0.332 e. The van der Waals surface area contributed by atoms with Crippen LogP contribution in [0.15, 0.2) is 46.6 Å². The van der Waals surface area contributed by atoms with Gasteiger partial charge >= 0.3 is 5.97 Å². The second-order valence-corrected chi connectivity index (χ2v) is 13.0. The molecule has 0 aliphatic rings. The zero-order valence-corrected chi connectivity index (χ0v) is 26.5. The lowest BCUT2D eigenvalue weighted by atomic mass is 9.85. The monoisotopic (exact) mass is 615 g/mol. The van der Waals surface area contributed by atoms with Crippen molar-refractivity contribution in [3.8, 4) is 11.3 Å². The van der Waals surface area contributed by atoms with E-state index in [1.54, 1.807) is 18.3 Å². The molecule has 0 atom stereocenters. The lowest BCUT2D eigenvalue weighted by molar-refractivity contribution is -0.133. The van der Waals surface area contributed by atoms with E-state index in [4.69, 9.17) is 39.3 Å². The highest BCUT2D eigenvalue weighted by Crippen LogP contribution is 2.42. The Balaban J connectivity index is 2.02. The van der Waals surface area contributed by atoms with Gasteiger partial charge in [0.2, 0.25) is 0 Å². The molecule has 0 amide bonds. The second kappa shape index (κ2) is 11.0. The normalized spacial score (nSPS) is 12.9. The first-order valence-corrected chi connectivity index (χ1v) is 14.0. The van der Waals surface area contributed by atoms with Gasteiger partial charge in [0, 0.05) is 27.7 Å². The molecule has 0 unspecified atom stereocenters. The fourth-order valence-electron chi connectivity index (χ4n) is 4.73. The van der Waals surface area contributed by atoms with Crippen LogP contribution in [0.1, 0.15) is 61.9 Å². The molecule has 1 N–H and O–H groups in total. The first kappa shape index (κ1) is 30.8. The van der Waals surface area contributed by atoms with Crippen LogP contribution in [0, 0.1) is 12.3 Å². The number of aliphatic carboxylic acids is 1. The van der Waals surface area contributed by atoms with E-state index in [-0.39, 0.29) is 26.9 Å². The van der Waals surface area contributed by atoms with Crippen LogP contribution in [0.2, 0.25) is 15.1 Å². The van der Waals surface area contributed by atoms with Crippen LogP contribution in [-0.2, 0) is 10.3 Å². The summed E-state index contributed by atoms with van der Waals surface area (Å²) in [7, 11) is 3.75. The summed E-state index contributed by atoms with van der Waals surface area (Å²) in [5.41, 5.74) is 1.75. The van der Waals surface area contributed by atoms with Crippen molar-refractivity contribution in [3.63, 3.8) is 0 Å². The van der Waals surface area contributed by atoms with E-state index in [9.17, 15) is 14.7 Å². The Hall–Kier alpha value is -3.10. The number of aryl methyl sites for hydroxylation is 1. The summed E-state index contributed by atoms with van der Waals surface area (Å²) in [6.07, 6.45) is 3.40. The molecular weight excluding hydrogens is 585 g/mol. The highest BCUT2D eigenvalue weighted by molar-refractivity contribution is 6.42. The Bertz CT molecular complexity index is 1700. The zero-order chi connectivity index (χ0) is 30.6. The summed E-state index contributed by atoms with van der Waals surface area (Å²) in [5, 5.41) is 15.8. The van der Waals surface area contributed by atoms with Gasteiger partial charge in [-0.3, -0.25) is 14.3 Å². The average Bonchev–Trinajstić information content (AvgIpc) is 3.43. The molecule has 0 spiro atoms. The van der Waals surface area contributed by atoms with E-state index in [0.717, 1.165) is 10.9 Å². The molecule has 0 fully saturated rings. The fraction of sp³-hybridized carbons (Fsp3) is 0.323. The number of halogens is 3. The average molecular weight is 617 g/mol. The molecule has 10 heteroatoms. The summed E-state index contributed by atoms with van der Waals surface area (Å²) in [6, 6.07) is 8.53. The Morgan fingerprint density at radius 3 is 2.20 bits per heavy atom. The van der Waals surface area contributed by atoms with Gasteiger partial charge in [-0.15, -0.1) is 0 Å². The third kappa shape index (κ3) is 5.56. The van der Waals surface area contributed by atoms with Crippen molar-refractivity contribution in [2.45, 2.75) is 47.1 Å². The van der Waals surface area contributed by atoms with E-state index in [1.165, 1.54) is 16.7 Å². The number of carboxylic acid groups (broad SMARTS) is 1. The number of nitrogens with zero attached hydrogens (tertiary/aromatic N) is 3. The van der Waals surface area contributed by atoms with Crippen molar-refractivity contribution in [3.05, 3.63) is 79.6 Å². The maximum Gasteiger partial charge on any atom is 0.332 e. The number of carbonyl (C=O) groups is 2. The maximum atomic E-state index is 14.5. The fourth-order valence-corrected chi connectivity index (χ4v) is 5.72. The molecule has 0 aliphatic heterocycles. The molecule has 2 aromatic heterocycles. The first-order valence-electron chi connectivity index (χ1n) is 12.9. The van der Waals surface area contributed by atoms with Gasteiger partial charge in [0.05, 0.1) is 21.1 Å². The maximum absolute atomic E-state index is 14.5. The standard InChI is InChI=1S/C31H32Cl3N3O4/c1-16-15-37(22-11-9-10-17(23(16)22)12-19(29(39)40)30(2,3)4)28(38)25-26(24-20(33)13-18(32)14-21(24)34)35-41-27(25)31(5,6)36(7)8/h9-15H,1-8H3,(H,39,40)/b19-12-. The quantitative estimate of drug-likeness (QED) is 0.218. The molecule has 41 heavy (non-hydrogen) atoms. The van der Waals surface area contributed by atoms with E-state index >= 15 is 0 Å². The summed E-state index contributed by atoms with van der Waals surface area (Å²) in [6.45, 7) is 11.3. The van der Waals surface area contributed by atoms with Gasteiger partial charge in [-0.05, 0) is 75.7 Å². The molecule has 0 aliphatic carbocycles. The molecule has 4 aromatic rings. The Morgan fingerprint density at radius 2 is 1.66 bits per heavy atom. The lowest BCUT2D eigenvalue weighted by Crippen LogP contribution is -2.36. The molecule has 216 valence electrons. The van der Waals surface area contributed by atoms with Crippen molar-refractivity contribution in [1.82, 2.24) is 14.6 Å². The molecule has 0 saturated carbocycles. The number of hydrogen-bond donors (Lipinski definition) is 1. The van der Waals surface area contributed by atoms with Crippen molar-refractivity contribution in [2.75, 3.05) is 14.1 Å². The molecule has 0 saturated heterocycles. The number of rotatable bonds is 6. The van der Waals surface area contributed by atoms with Crippen LogP contribution >= 0.6 is 34.8 Å². The van der Waals surface area contributed by atoms with Gasteiger partial charge in [0.1, 0.15) is 11.3 Å². The number of aromatic nitrogens is 2. The van der Waals surface area contributed by atoms with Crippen molar-refractivity contribution in [1.29, 1.82) is 0 Å². The van der Waals surface area contributed by atoms with Gasteiger partial charge < -0.3 is 9.63 Å². The summed E-state index contributed by atoms with van der Waals surface area (Å²) in [5.74, 6) is -1.06. The Morgan fingerprint density at radius 1 is 1.05 bits per heavy atom. The molecule has 0 bridgehead atoms. The van der Waals surface area contributed by atoms with Crippen LogP contribution in [0.3, 0.4) is 0 Å². The van der Waals surface area contributed by atoms with Crippen molar-refractivity contribution >= 4 is 63.7 Å². The number of hydrogen-bond acceptors (Lipinski definition) is 5. The third-order valence-corrected chi connectivity index (χ3v) is 8.25. The van der Waals surface area contributed by atoms with Crippen LogP contribution in [0.5, 0.6) is 0 Å². The van der Waals surface area contributed by atoms with E-state index in [2.05, 4.69) is 5.16 Å². The SMILES string of the molecule is Cc1cn(C(=O)c2c(-c3c(Cl)cc(Cl)cc3Cl)noc2C(C)(C)N(C)C)c2cccc(/C=C(/C(=O)O)C(C)(C)C)c12. The predicted molar refractivity (Wildman–Crippen MR) is 165 cm³/mol. The third-order valence-electron chi connectivity index (χ3n) is 7.43. The molecule has 4 rings (SSSR count).